The van der Waals surface area contributed by atoms with E-state index in [1.54, 1.807) is 6.92 Å². The first-order valence-electron chi connectivity index (χ1n) is 5.34. The van der Waals surface area contributed by atoms with Gasteiger partial charge in [0.2, 0.25) is 0 Å². The summed E-state index contributed by atoms with van der Waals surface area (Å²) in [5.41, 5.74) is -0.139. The second-order valence-electron chi connectivity index (χ2n) is 4.43. The van der Waals surface area contributed by atoms with Crippen LogP contribution < -0.4 is 0 Å². The summed E-state index contributed by atoms with van der Waals surface area (Å²) in [5.74, 6) is 0.221. The third kappa shape index (κ3) is 3.90. The summed E-state index contributed by atoms with van der Waals surface area (Å²) in [6.07, 6.45) is 1.13. The maximum atomic E-state index is 11.2. The van der Waals surface area contributed by atoms with Crippen molar-refractivity contribution >= 4 is 11.9 Å². The van der Waals surface area contributed by atoms with Crippen LogP contribution in [0.4, 0.5) is 0 Å². The van der Waals surface area contributed by atoms with E-state index in [1.807, 2.05) is 20.8 Å². The fraction of sp³-hybridized carbons (Fsp3) is 0.818. The number of rotatable bonds is 3. The molecule has 0 aliphatic carbocycles. The summed E-state index contributed by atoms with van der Waals surface area (Å²) in [4.78, 5) is 15.6. The number of carbonyl (C=O) groups is 1. The minimum absolute atomic E-state index is 0.113. The van der Waals surface area contributed by atoms with Crippen LogP contribution >= 0.6 is 0 Å². The summed E-state index contributed by atoms with van der Waals surface area (Å²) in [5, 5.41) is 0. The van der Waals surface area contributed by atoms with Crippen molar-refractivity contribution in [1.82, 2.24) is 0 Å². The second-order valence-corrected chi connectivity index (χ2v) is 4.43. The fourth-order valence-corrected chi connectivity index (χ4v) is 1.80. The van der Waals surface area contributed by atoms with Crippen LogP contribution in [0.2, 0.25) is 0 Å². The third-order valence-electron chi connectivity index (χ3n) is 2.15. The van der Waals surface area contributed by atoms with E-state index in [0.29, 0.717) is 12.5 Å². The number of ether oxygens (including phenoxy) is 2. The van der Waals surface area contributed by atoms with Crippen LogP contribution in [0.25, 0.3) is 0 Å². The molecular weight excluding hydrogens is 194 g/mol. The van der Waals surface area contributed by atoms with Gasteiger partial charge in [0.1, 0.15) is 6.42 Å². The van der Waals surface area contributed by atoms with Crippen molar-refractivity contribution in [2.75, 3.05) is 6.61 Å². The molecule has 0 saturated carbocycles. The van der Waals surface area contributed by atoms with E-state index in [2.05, 4.69) is 4.99 Å². The van der Waals surface area contributed by atoms with E-state index in [4.69, 9.17) is 9.47 Å². The zero-order chi connectivity index (χ0) is 11.5. The third-order valence-corrected chi connectivity index (χ3v) is 2.15. The van der Waals surface area contributed by atoms with E-state index in [1.165, 1.54) is 0 Å². The fourth-order valence-electron chi connectivity index (χ4n) is 1.80. The van der Waals surface area contributed by atoms with Gasteiger partial charge in [0.05, 0.1) is 18.2 Å². The molecule has 1 aliphatic heterocycles. The summed E-state index contributed by atoms with van der Waals surface area (Å²) in [6.45, 7) is 8.25. The van der Waals surface area contributed by atoms with Crippen LogP contribution in [-0.2, 0) is 14.3 Å². The van der Waals surface area contributed by atoms with Crippen LogP contribution in [0.1, 0.15) is 40.5 Å². The summed E-state index contributed by atoms with van der Waals surface area (Å²) >= 11 is 0. The van der Waals surface area contributed by atoms with Crippen molar-refractivity contribution in [3.8, 4) is 0 Å². The predicted octanol–water partition coefficient (Wildman–Crippen LogP) is 1.93. The van der Waals surface area contributed by atoms with Crippen molar-refractivity contribution in [3.05, 3.63) is 0 Å². The highest BCUT2D eigenvalue weighted by atomic mass is 16.5. The zero-order valence-corrected chi connectivity index (χ0v) is 9.87. The van der Waals surface area contributed by atoms with Crippen molar-refractivity contribution < 1.29 is 14.3 Å². The van der Waals surface area contributed by atoms with Gasteiger partial charge in [0.15, 0.2) is 5.90 Å². The normalized spacial score (nSPS) is 24.0. The van der Waals surface area contributed by atoms with Gasteiger partial charge in [-0.15, -0.1) is 0 Å². The van der Waals surface area contributed by atoms with Crippen molar-refractivity contribution in [3.63, 3.8) is 0 Å². The quantitative estimate of drug-likeness (QED) is 0.673. The molecule has 4 heteroatoms. The Hall–Kier alpha value is -1.06. The Kier molecular flexibility index (Phi) is 3.72. The first-order valence-corrected chi connectivity index (χ1v) is 5.34. The molecule has 4 nitrogen and oxygen atoms in total. The van der Waals surface area contributed by atoms with Crippen LogP contribution in [0.5, 0.6) is 0 Å². The Morgan fingerprint density at radius 2 is 2.33 bits per heavy atom. The number of carbonyl (C=O) groups excluding carboxylic acids is 1. The highest BCUT2D eigenvalue weighted by molar-refractivity contribution is 5.94. The molecule has 0 amide bonds. The second kappa shape index (κ2) is 4.64. The van der Waals surface area contributed by atoms with Crippen LogP contribution in [-0.4, -0.2) is 30.1 Å². The molecule has 86 valence electrons. The Bertz CT molecular complexity index is 271. The molecule has 0 spiro atoms. The average molecular weight is 213 g/mol. The molecule has 0 N–H and O–H groups in total. The predicted molar refractivity (Wildman–Crippen MR) is 57.9 cm³/mol. The lowest BCUT2D eigenvalue weighted by molar-refractivity contribution is -0.142. The summed E-state index contributed by atoms with van der Waals surface area (Å²) in [7, 11) is 0. The van der Waals surface area contributed by atoms with Gasteiger partial charge in [-0.3, -0.25) is 4.79 Å². The zero-order valence-electron chi connectivity index (χ0n) is 9.87. The van der Waals surface area contributed by atoms with Gasteiger partial charge in [-0.05, 0) is 27.7 Å². The van der Waals surface area contributed by atoms with E-state index in [0.717, 1.165) is 6.42 Å². The highest BCUT2D eigenvalue weighted by Gasteiger charge is 2.28. The van der Waals surface area contributed by atoms with Crippen molar-refractivity contribution in [2.45, 2.75) is 52.2 Å². The first-order chi connectivity index (χ1) is 6.93. The SMILES string of the molecule is CCOC(=O)CC1=NC(C)(C)C[C@H](C)O1. The van der Waals surface area contributed by atoms with Gasteiger partial charge < -0.3 is 9.47 Å². The maximum absolute atomic E-state index is 11.2. The molecule has 1 atom stereocenters. The first kappa shape index (κ1) is 12.0. The molecule has 1 aliphatic rings. The molecule has 15 heavy (non-hydrogen) atoms. The molecule has 0 saturated heterocycles. The van der Waals surface area contributed by atoms with Crippen LogP contribution in [0.3, 0.4) is 0 Å². The Morgan fingerprint density at radius 3 is 2.87 bits per heavy atom. The molecule has 0 radical (unpaired) electrons. The van der Waals surface area contributed by atoms with Crippen molar-refractivity contribution in [1.29, 1.82) is 0 Å². The minimum Gasteiger partial charge on any atom is -0.477 e. The Morgan fingerprint density at radius 1 is 1.67 bits per heavy atom. The van der Waals surface area contributed by atoms with E-state index >= 15 is 0 Å². The standard InChI is InChI=1S/C11H19NO3/c1-5-14-10(13)6-9-12-11(3,4)7-8(2)15-9/h8H,5-7H2,1-4H3/t8-/m0/s1. The largest absolute Gasteiger partial charge is 0.477 e. The van der Waals surface area contributed by atoms with E-state index < -0.39 is 0 Å². The number of hydrogen-bond donors (Lipinski definition) is 0. The number of nitrogens with zero attached hydrogens (tertiary/aromatic N) is 1. The monoisotopic (exact) mass is 213 g/mol. The lowest BCUT2D eigenvalue weighted by Crippen LogP contribution is -2.34. The molecule has 0 aromatic carbocycles. The van der Waals surface area contributed by atoms with Gasteiger partial charge in [0.25, 0.3) is 0 Å². The average Bonchev–Trinajstić information content (AvgIpc) is 1.99. The molecule has 1 rings (SSSR count). The van der Waals surface area contributed by atoms with Crippen LogP contribution in [0.15, 0.2) is 4.99 Å². The Balaban J connectivity index is 2.61. The van der Waals surface area contributed by atoms with Gasteiger partial charge >= 0.3 is 5.97 Å². The van der Waals surface area contributed by atoms with Gasteiger partial charge in [0, 0.05) is 6.42 Å². The van der Waals surface area contributed by atoms with Crippen molar-refractivity contribution in [2.24, 2.45) is 4.99 Å². The number of esters is 1. The topological polar surface area (TPSA) is 47.9 Å². The maximum Gasteiger partial charge on any atom is 0.315 e. The van der Waals surface area contributed by atoms with Gasteiger partial charge in [-0.2, -0.15) is 0 Å². The Labute approximate surface area is 90.7 Å². The lowest BCUT2D eigenvalue weighted by Gasteiger charge is -2.31. The minimum atomic E-state index is -0.277. The van der Waals surface area contributed by atoms with E-state index in [9.17, 15) is 4.79 Å². The molecule has 0 aromatic heterocycles. The number of hydrogen-bond acceptors (Lipinski definition) is 4. The number of aliphatic imine (C=N–C) groups is 1. The highest BCUT2D eigenvalue weighted by Crippen LogP contribution is 2.24. The molecule has 0 unspecified atom stereocenters. The molecule has 0 fully saturated rings. The molecular formula is C11H19NO3. The molecule has 1 heterocycles. The lowest BCUT2D eigenvalue weighted by atomic mass is 9.97. The van der Waals surface area contributed by atoms with Gasteiger partial charge in [-0.25, -0.2) is 4.99 Å². The van der Waals surface area contributed by atoms with E-state index in [-0.39, 0.29) is 24.0 Å². The summed E-state index contributed by atoms with van der Waals surface area (Å²) < 4.78 is 10.3. The van der Waals surface area contributed by atoms with Crippen LogP contribution in [0, 0.1) is 0 Å². The smallest absolute Gasteiger partial charge is 0.315 e. The molecule has 0 bridgehead atoms. The summed E-state index contributed by atoms with van der Waals surface area (Å²) in [6, 6.07) is 0. The molecule has 0 aromatic rings. The van der Waals surface area contributed by atoms with Gasteiger partial charge in [-0.1, -0.05) is 0 Å².